The zero-order valence-corrected chi connectivity index (χ0v) is 17.1. The van der Waals surface area contributed by atoms with Crippen LogP contribution < -0.4 is 4.90 Å². The molecular formula is C19H28FN5OS. The number of hydrogen-bond donors (Lipinski definition) is 0. The molecule has 1 aliphatic heterocycles. The molecule has 1 aromatic heterocycles. The van der Waals surface area contributed by atoms with Crippen molar-refractivity contribution in [3.8, 4) is 0 Å². The van der Waals surface area contributed by atoms with Crippen LogP contribution in [0.4, 0.5) is 10.3 Å². The number of nitrogens with zero attached hydrogens (tertiary/aromatic N) is 5. The van der Waals surface area contributed by atoms with Gasteiger partial charge in [-0.2, -0.15) is 0 Å². The van der Waals surface area contributed by atoms with Gasteiger partial charge in [0.15, 0.2) is 0 Å². The Bertz CT molecular complexity index is 813. The van der Waals surface area contributed by atoms with Crippen LogP contribution in [0.5, 0.6) is 0 Å². The first-order valence-electron chi connectivity index (χ1n) is 9.37. The number of ether oxygens (including phenoxy) is 1. The van der Waals surface area contributed by atoms with Crippen LogP contribution in [0.25, 0.3) is 0 Å². The number of hydrogen-bond acceptors (Lipinski definition) is 5. The van der Waals surface area contributed by atoms with Crippen molar-refractivity contribution in [2.24, 2.45) is 5.92 Å². The summed E-state index contributed by atoms with van der Waals surface area (Å²) < 4.78 is 23.6. The Morgan fingerprint density at radius 3 is 2.70 bits per heavy atom. The smallest absolute Gasteiger partial charge is 0.226 e. The van der Waals surface area contributed by atoms with E-state index in [1.165, 1.54) is 6.07 Å². The normalized spacial score (nSPS) is 15.1. The quantitative estimate of drug-likeness (QED) is 0.676. The highest BCUT2D eigenvalue weighted by Crippen LogP contribution is 2.18. The molecule has 0 spiro atoms. The fraction of sp³-hybridized carbons (Fsp3) is 0.579. The maximum atomic E-state index is 13.4. The Kier molecular flexibility index (Phi) is 6.62. The second-order valence-electron chi connectivity index (χ2n) is 7.47. The van der Waals surface area contributed by atoms with E-state index in [0.29, 0.717) is 32.3 Å². The van der Waals surface area contributed by atoms with Gasteiger partial charge in [-0.05, 0) is 42.9 Å². The van der Waals surface area contributed by atoms with E-state index in [9.17, 15) is 4.39 Å². The maximum Gasteiger partial charge on any atom is 0.226 e. The summed E-state index contributed by atoms with van der Waals surface area (Å²) in [5, 5.41) is 4.82. The molecule has 2 heterocycles. The van der Waals surface area contributed by atoms with Crippen LogP contribution in [0.1, 0.15) is 19.4 Å². The van der Waals surface area contributed by atoms with Crippen molar-refractivity contribution in [2.75, 3.05) is 38.3 Å². The van der Waals surface area contributed by atoms with Gasteiger partial charge in [0.1, 0.15) is 5.82 Å². The van der Waals surface area contributed by atoms with Crippen molar-refractivity contribution in [2.45, 2.75) is 33.6 Å². The second-order valence-corrected chi connectivity index (χ2v) is 7.84. The van der Waals surface area contributed by atoms with Crippen molar-refractivity contribution >= 4 is 18.2 Å². The zero-order valence-electron chi connectivity index (χ0n) is 16.3. The number of anilines is 1. The van der Waals surface area contributed by atoms with E-state index in [1.807, 2.05) is 17.8 Å². The first kappa shape index (κ1) is 20.0. The highest BCUT2D eigenvalue weighted by molar-refractivity contribution is 7.71. The molecule has 27 heavy (non-hydrogen) atoms. The number of rotatable bonds is 7. The van der Waals surface area contributed by atoms with Gasteiger partial charge in [0, 0.05) is 26.2 Å². The van der Waals surface area contributed by atoms with Gasteiger partial charge < -0.3 is 9.64 Å². The van der Waals surface area contributed by atoms with Gasteiger partial charge in [-0.3, -0.25) is 9.47 Å². The fourth-order valence-corrected chi connectivity index (χ4v) is 3.52. The Morgan fingerprint density at radius 1 is 1.30 bits per heavy atom. The third-order valence-electron chi connectivity index (χ3n) is 4.46. The summed E-state index contributed by atoms with van der Waals surface area (Å²) in [6, 6.07) is 6.68. The van der Waals surface area contributed by atoms with E-state index < -0.39 is 0 Å². The topological polar surface area (TPSA) is 38.5 Å². The molecule has 1 fully saturated rings. The zero-order chi connectivity index (χ0) is 19.4. The first-order valence-corrected chi connectivity index (χ1v) is 9.78. The van der Waals surface area contributed by atoms with Crippen LogP contribution in [0, 0.1) is 16.5 Å². The minimum atomic E-state index is -0.215. The van der Waals surface area contributed by atoms with Gasteiger partial charge in [-0.15, -0.1) is 5.10 Å². The number of morpholine rings is 1. The Balaban J connectivity index is 1.79. The summed E-state index contributed by atoms with van der Waals surface area (Å²) >= 11 is 5.72. The molecule has 0 aliphatic carbocycles. The summed E-state index contributed by atoms with van der Waals surface area (Å²) in [5.74, 6) is 1.17. The SMILES string of the molecule is CC(C)Cn1c(N2CCOCC2)nn(CN(C)Cc2cccc(F)c2)c1=S. The summed E-state index contributed by atoms with van der Waals surface area (Å²) in [7, 11) is 1.99. The maximum absolute atomic E-state index is 13.4. The number of halogens is 1. The molecule has 1 aromatic carbocycles. The van der Waals surface area contributed by atoms with Crippen molar-refractivity contribution in [3.63, 3.8) is 0 Å². The minimum Gasteiger partial charge on any atom is -0.378 e. The third-order valence-corrected chi connectivity index (χ3v) is 4.89. The molecule has 0 N–H and O–H groups in total. The molecule has 3 rings (SSSR count). The average molecular weight is 394 g/mol. The third kappa shape index (κ3) is 5.15. The molecule has 1 aliphatic rings. The van der Waals surface area contributed by atoms with Crippen molar-refractivity contribution in [1.82, 2.24) is 19.2 Å². The predicted octanol–water partition coefficient (Wildman–Crippen LogP) is 3.14. The molecule has 2 aromatic rings. The van der Waals surface area contributed by atoms with Crippen LogP contribution in [0.3, 0.4) is 0 Å². The monoisotopic (exact) mass is 393 g/mol. The van der Waals surface area contributed by atoms with Gasteiger partial charge >= 0.3 is 0 Å². The molecule has 0 amide bonds. The Hall–Kier alpha value is -1.77. The minimum absolute atomic E-state index is 0.215. The Labute approximate surface area is 165 Å². The average Bonchev–Trinajstić information content (AvgIpc) is 2.91. The molecule has 148 valence electrons. The lowest BCUT2D eigenvalue weighted by molar-refractivity contribution is 0.121. The van der Waals surface area contributed by atoms with Gasteiger partial charge in [-0.25, -0.2) is 9.07 Å². The van der Waals surface area contributed by atoms with Crippen LogP contribution >= 0.6 is 12.2 Å². The van der Waals surface area contributed by atoms with Crippen molar-refractivity contribution in [3.05, 3.63) is 40.4 Å². The summed E-state index contributed by atoms with van der Waals surface area (Å²) in [4.78, 5) is 4.32. The molecule has 0 unspecified atom stereocenters. The van der Waals surface area contributed by atoms with E-state index in [-0.39, 0.29) is 5.82 Å². The predicted molar refractivity (Wildman–Crippen MR) is 107 cm³/mol. The van der Waals surface area contributed by atoms with Gasteiger partial charge in [0.2, 0.25) is 10.7 Å². The first-order chi connectivity index (χ1) is 12.9. The summed E-state index contributed by atoms with van der Waals surface area (Å²) in [6.45, 7) is 9.44. The van der Waals surface area contributed by atoms with E-state index in [2.05, 4.69) is 28.2 Å². The van der Waals surface area contributed by atoms with E-state index >= 15 is 0 Å². The standard InChI is InChI=1S/C19H28FN5OS/c1-15(2)12-24-18(23-7-9-26-10-8-23)21-25(19(24)27)14-22(3)13-16-5-4-6-17(20)11-16/h4-6,11,15H,7-10,12-14H2,1-3H3. The molecule has 0 saturated carbocycles. The van der Waals surface area contributed by atoms with Gasteiger partial charge in [0.05, 0.1) is 19.9 Å². The largest absolute Gasteiger partial charge is 0.378 e. The van der Waals surface area contributed by atoms with E-state index in [4.69, 9.17) is 22.1 Å². The molecule has 0 bridgehead atoms. The summed E-state index contributed by atoms with van der Waals surface area (Å²) in [6.07, 6.45) is 0. The van der Waals surface area contributed by atoms with Crippen LogP contribution in [-0.2, 0) is 24.5 Å². The lowest BCUT2D eigenvalue weighted by atomic mass is 10.2. The van der Waals surface area contributed by atoms with Crippen molar-refractivity contribution in [1.29, 1.82) is 0 Å². The molecule has 8 heteroatoms. The summed E-state index contributed by atoms with van der Waals surface area (Å²) in [5.41, 5.74) is 0.930. The lowest BCUT2D eigenvalue weighted by Gasteiger charge is -2.28. The van der Waals surface area contributed by atoms with Crippen LogP contribution in [0.15, 0.2) is 24.3 Å². The lowest BCUT2D eigenvalue weighted by Crippen LogP contribution is -2.38. The van der Waals surface area contributed by atoms with Crippen LogP contribution in [0.2, 0.25) is 0 Å². The van der Waals surface area contributed by atoms with E-state index in [1.54, 1.807) is 12.1 Å². The second kappa shape index (κ2) is 8.95. The molecular weight excluding hydrogens is 365 g/mol. The molecule has 1 saturated heterocycles. The fourth-order valence-electron chi connectivity index (χ4n) is 3.27. The van der Waals surface area contributed by atoms with Crippen LogP contribution in [-0.4, -0.2) is 52.6 Å². The molecule has 0 radical (unpaired) electrons. The number of aromatic nitrogens is 3. The van der Waals surface area contributed by atoms with Gasteiger partial charge in [-0.1, -0.05) is 26.0 Å². The highest BCUT2D eigenvalue weighted by atomic mass is 32.1. The van der Waals surface area contributed by atoms with Gasteiger partial charge in [0.25, 0.3) is 0 Å². The molecule has 6 nitrogen and oxygen atoms in total. The Morgan fingerprint density at radius 2 is 2.04 bits per heavy atom. The van der Waals surface area contributed by atoms with E-state index in [0.717, 1.165) is 35.9 Å². The molecule has 0 atom stereocenters. The number of benzene rings is 1. The van der Waals surface area contributed by atoms with Crippen molar-refractivity contribution < 1.29 is 9.13 Å². The highest BCUT2D eigenvalue weighted by Gasteiger charge is 2.20.